The van der Waals surface area contributed by atoms with Crippen LogP contribution in [0, 0.1) is 18.3 Å². The fourth-order valence-corrected chi connectivity index (χ4v) is 4.24. The van der Waals surface area contributed by atoms with Crippen LogP contribution in [0.2, 0.25) is 0 Å². The van der Waals surface area contributed by atoms with Crippen LogP contribution < -0.4 is 0 Å². The van der Waals surface area contributed by atoms with Gasteiger partial charge in [-0.15, -0.1) is 0 Å². The number of nitrogens with zero attached hydrogens (tertiary/aromatic N) is 2. The first kappa shape index (κ1) is 17.8. The molecule has 2 aromatic rings. The fraction of sp³-hybridized carbons (Fsp3) is 0.476. The van der Waals surface area contributed by atoms with Gasteiger partial charge in [0.15, 0.2) is 11.7 Å². The van der Waals surface area contributed by atoms with E-state index in [1.807, 2.05) is 42.2 Å². The average molecular weight is 368 g/mol. The van der Waals surface area contributed by atoms with E-state index < -0.39 is 5.97 Å². The van der Waals surface area contributed by atoms with E-state index in [9.17, 15) is 9.59 Å². The predicted octanol–water partition coefficient (Wildman–Crippen LogP) is 3.30. The lowest BCUT2D eigenvalue weighted by molar-refractivity contribution is -0.139. The maximum atomic E-state index is 12.5. The van der Waals surface area contributed by atoms with Crippen molar-refractivity contribution in [3.8, 4) is 11.3 Å². The molecule has 0 radical (unpaired) electrons. The van der Waals surface area contributed by atoms with E-state index in [0.29, 0.717) is 31.8 Å². The molecule has 1 saturated carbocycles. The first-order chi connectivity index (χ1) is 13.0. The SMILES string of the molecule is Cc1nc(CCC(=O)N2CCC3(CC2)CC3C(=O)O)oc1-c1ccccc1. The minimum atomic E-state index is -0.691. The number of carboxylic acid groups (broad SMARTS) is 1. The molecule has 1 aromatic heterocycles. The summed E-state index contributed by atoms with van der Waals surface area (Å²) in [6.07, 6.45) is 3.20. The van der Waals surface area contributed by atoms with Gasteiger partial charge in [0.2, 0.25) is 5.91 Å². The molecule has 27 heavy (non-hydrogen) atoms. The highest BCUT2D eigenvalue weighted by molar-refractivity contribution is 5.77. The smallest absolute Gasteiger partial charge is 0.307 e. The van der Waals surface area contributed by atoms with Crippen LogP contribution in [0.4, 0.5) is 0 Å². The largest absolute Gasteiger partial charge is 0.481 e. The van der Waals surface area contributed by atoms with Crippen LogP contribution in [-0.2, 0) is 16.0 Å². The number of aliphatic carboxylic acids is 1. The van der Waals surface area contributed by atoms with Crippen LogP contribution in [0.25, 0.3) is 11.3 Å². The summed E-state index contributed by atoms with van der Waals surface area (Å²) in [6, 6.07) is 9.83. The standard InChI is InChI=1S/C21H24N2O4/c1-14-19(15-5-3-2-4-6-15)27-17(22-14)7-8-18(24)23-11-9-21(10-12-23)13-16(21)20(25)26/h2-6,16H,7-13H2,1H3,(H,25,26). The summed E-state index contributed by atoms with van der Waals surface area (Å²) >= 11 is 0. The number of aryl methyl sites for hydroxylation is 2. The van der Waals surface area contributed by atoms with Crippen molar-refractivity contribution >= 4 is 11.9 Å². The minimum Gasteiger partial charge on any atom is -0.481 e. The number of rotatable bonds is 5. The quantitative estimate of drug-likeness (QED) is 0.875. The topological polar surface area (TPSA) is 83.6 Å². The Balaban J connectivity index is 1.31. The molecule has 0 bridgehead atoms. The lowest BCUT2D eigenvalue weighted by atomic mass is 9.90. The van der Waals surface area contributed by atoms with Gasteiger partial charge in [-0.25, -0.2) is 4.98 Å². The molecule has 1 aliphatic heterocycles. The number of aromatic nitrogens is 1. The van der Waals surface area contributed by atoms with Crippen molar-refractivity contribution in [1.29, 1.82) is 0 Å². The maximum Gasteiger partial charge on any atom is 0.307 e. The zero-order chi connectivity index (χ0) is 19.0. The third-order valence-electron chi connectivity index (χ3n) is 6.03. The molecule has 142 valence electrons. The number of hydrogen-bond donors (Lipinski definition) is 1. The molecule has 2 heterocycles. The number of carbonyl (C=O) groups is 2. The fourth-order valence-electron chi connectivity index (χ4n) is 4.24. The summed E-state index contributed by atoms with van der Waals surface area (Å²) in [7, 11) is 0. The van der Waals surface area contributed by atoms with Crippen LogP contribution in [-0.4, -0.2) is 40.0 Å². The normalized spacial score (nSPS) is 20.6. The molecule has 2 fully saturated rings. The number of piperidine rings is 1. The van der Waals surface area contributed by atoms with E-state index in [1.165, 1.54) is 0 Å². The van der Waals surface area contributed by atoms with Crippen LogP contribution in [0.1, 0.15) is 37.3 Å². The number of amides is 1. The number of carbonyl (C=O) groups excluding carboxylic acids is 1. The highest BCUT2D eigenvalue weighted by atomic mass is 16.4. The van der Waals surface area contributed by atoms with Crippen LogP contribution >= 0.6 is 0 Å². The van der Waals surface area contributed by atoms with E-state index in [4.69, 9.17) is 9.52 Å². The summed E-state index contributed by atoms with van der Waals surface area (Å²) in [5.41, 5.74) is 1.77. The Kier molecular flexibility index (Phi) is 4.50. The lowest BCUT2D eigenvalue weighted by Gasteiger charge is -2.32. The van der Waals surface area contributed by atoms with E-state index in [1.54, 1.807) is 0 Å². The number of carboxylic acids is 1. The molecule has 1 N–H and O–H groups in total. The number of oxazole rings is 1. The van der Waals surface area contributed by atoms with Gasteiger partial charge in [-0.3, -0.25) is 9.59 Å². The molecule has 1 saturated heterocycles. The Hall–Kier alpha value is -2.63. The Bertz CT molecular complexity index is 850. The second-order valence-corrected chi connectivity index (χ2v) is 7.73. The van der Waals surface area contributed by atoms with Crippen LogP contribution in [0.5, 0.6) is 0 Å². The van der Waals surface area contributed by atoms with Crippen molar-refractivity contribution in [1.82, 2.24) is 9.88 Å². The van der Waals surface area contributed by atoms with Gasteiger partial charge in [0.25, 0.3) is 0 Å². The second-order valence-electron chi connectivity index (χ2n) is 7.73. The molecule has 1 spiro atoms. The minimum absolute atomic E-state index is 0.0487. The Labute approximate surface area is 158 Å². The van der Waals surface area contributed by atoms with E-state index in [0.717, 1.165) is 36.3 Å². The van der Waals surface area contributed by atoms with Crippen LogP contribution in [0.15, 0.2) is 34.7 Å². The highest BCUT2D eigenvalue weighted by Gasteiger charge is 2.59. The lowest BCUT2D eigenvalue weighted by Crippen LogP contribution is -2.40. The van der Waals surface area contributed by atoms with Gasteiger partial charge >= 0.3 is 5.97 Å². The highest BCUT2D eigenvalue weighted by Crippen LogP contribution is 2.59. The van der Waals surface area contributed by atoms with Crippen LogP contribution in [0.3, 0.4) is 0 Å². The summed E-state index contributed by atoms with van der Waals surface area (Å²) in [4.78, 5) is 30.0. The number of benzene rings is 1. The third kappa shape index (κ3) is 3.48. The maximum absolute atomic E-state index is 12.5. The van der Waals surface area contributed by atoms with Crippen molar-refractivity contribution in [3.63, 3.8) is 0 Å². The van der Waals surface area contributed by atoms with Crippen molar-refractivity contribution < 1.29 is 19.1 Å². The van der Waals surface area contributed by atoms with Gasteiger partial charge in [-0.2, -0.15) is 0 Å². The van der Waals surface area contributed by atoms with Gasteiger partial charge in [0.05, 0.1) is 11.6 Å². The first-order valence-corrected chi connectivity index (χ1v) is 9.51. The third-order valence-corrected chi connectivity index (χ3v) is 6.03. The number of hydrogen-bond acceptors (Lipinski definition) is 4. The molecule has 1 aliphatic carbocycles. The molecule has 1 amide bonds. The van der Waals surface area contributed by atoms with Crippen molar-refractivity contribution in [2.24, 2.45) is 11.3 Å². The van der Waals surface area contributed by atoms with E-state index in [2.05, 4.69) is 4.98 Å². The van der Waals surface area contributed by atoms with Gasteiger partial charge in [0, 0.05) is 31.5 Å². The molecular formula is C21H24N2O4. The summed E-state index contributed by atoms with van der Waals surface area (Å²) in [5, 5.41) is 9.16. The molecule has 6 heteroatoms. The molecular weight excluding hydrogens is 344 g/mol. The molecule has 1 aromatic carbocycles. The summed E-state index contributed by atoms with van der Waals surface area (Å²) < 4.78 is 5.87. The van der Waals surface area contributed by atoms with Gasteiger partial charge in [0.1, 0.15) is 0 Å². The van der Waals surface area contributed by atoms with Crippen molar-refractivity contribution in [2.45, 2.75) is 39.0 Å². The summed E-state index contributed by atoms with van der Waals surface area (Å²) in [6.45, 7) is 3.22. The Morgan fingerprint density at radius 2 is 1.96 bits per heavy atom. The number of likely N-dealkylation sites (tertiary alicyclic amines) is 1. The molecule has 6 nitrogen and oxygen atoms in total. The average Bonchev–Trinajstić information content (AvgIpc) is 3.25. The van der Waals surface area contributed by atoms with Gasteiger partial charge in [-0.1, -0.05) is 30.3 Å². The monoisotopic (exact) mass is 368 g/mol. The van der Waals surface area contributed by atoms with Crippen molar-refractivity contribution in [2.75, 3.05) is 13.1 Å². The van der Waals surface area contributed by atoms with E-state index in [-0.39, 0.29) is 17.2 Å². The Morgan fingerprint density at radius 3 is 2.59 bits per heavy atom. The summed E-state index contributed by atoms with van der Waals surface area (Å²) in [5.74, 6) is 0.534. The molecule has 1 unspecified atom stereocenters. The van der Waals surface area contributed by atoms with Gasteiger partial charge < -0.3 is 14.4 Å². The zero-order valence-corrected chi connectivity index (χ0v) is 15.5. The Morgan fingerprint density at radius 1 is 1.26 bits per heavy atom. The second kappa shape index (κ2) is 6.83. The molecule has 4 rings (SSSR count). The molecule has 2 aliphatic rings. The van der Waals surface area contributed by atoms with Gasteiger partial charge in [-0.05, 0) is 31.6 Å². The van der Waals surface area contributed by atoms with E-state index >= 15 is 0 Å². The first-order valence-electron chi connectivity index (χ1n) is 9.51. The molecule has 1 atom stereocenters. The van der Waals surface area contributed by atoms with Crippen molar-refractivity contribution in [3.05, 3.63) is 41.9 Å². The zero-order valence-electron chi connectivity index (χ0n) is 15.5. The predicted molar refractivity (Wildman–Crippen MR) is 99.0 cm³/mol.